The van der Waals surface area contributed by atoms with Crippen LogP contribution in [0, 0.1) is 6.57 Å². The van der Waals surface area contributed by atoms with Crippen molar-refractivity contribution < 1.29 is 19.1 Å². The van der Waals surface area contributed by atoms with E-state index in [0.29, 0.717) is 54.5 Å². The topological polar surface area (TPSA) is 84.5 Å². The second kappa shape index (κ2) is 12.5. The molecular weight excluding hydrogens is 496 g/mol. The fraction of sp³-hybridized carbons (Fsp3) is 0.448. The molecule has 0 aliphatic carbocycles. The highest BCUT2D eigenvalue weighted by molar-refractivity contribution is 5.96. The van der Waals surface area contributed by atoms with Gasteiger partial charge in [-0.15, -0.1) is 0 Å². The summed E-state index contributed by atoms with van der Waals surface area (Å²) in [6.45, 7) is 12.1. The van der Waals surface area contributed by atoms with Crippen molar-refractivity contribution in [3.63, 3.8) is 0 Å². The number of unbranched alkanes of at least 4 members (excludes halogenated alkanes) is 2. The fourth-order valence-electron chi connectivity index (χ4n) is 4.74. The Kier molecular flexibility index (Phi) is 8.92. The number of nitrogens with zero attached hydrogens (tertiary/aromatic N) is 6. The van der Waals surface area contributed by atoms with Gasteiger partial charge in [-0.05, 0) is 36.6 Å². The summed E-state index contributed by atoms with van der Waals surface area (Å²) in [6.07, 6.45) is 7.29. The summed E-state index contributed by atoms with van der Waals surface area (Å²) in [5.74, 6) is 1.17. The van der Waals surface area contributed by atoms with Crippen LogP contribution in [0.4, 0.5) is 16.2 Å². The summed E-state index contributed by atoms with van der Waals surface area (Å²) in [7, 11) is 5.00. The van der Waals surface area contributed by atoms with Gasteiger partial charge < -0.3 is 23.8 Å². The molecular formula is C29H36N6O4. The van der Waals surface area contributed by atoms with Gasteiger partial charge in [0, 0.05) is 63.3 Å². The van der Waals surface area contributed by atoms with E-state index in [0.717, 1.165) is 36.9 Å². The monoisotopic (exact) mass is 532 g/mol. The number of benzene rings is 1. The maximum Gasteiger partial charge on any atom is 0.324 e. The van der Waals surface area contributed by atoms with Crippen molar-refractivity contribution in [2.75, 3.05) is 45.8 Å². The van der Waals surface area contributed by atoms with Crippen LogP contribution < -0.4 is 14.4 Å². The largest absolute Gasteiger partial charge is 0.493 e. The van der Waals surface area contributed by atoms with Crippen LogP contribution in [0.5, 0.6) is 11.5 Å². The Labute approximate surface area is 229 Å². The molecule has 3 heterocycles. The van der Waals surface area contributed by atoms with E-state index in [1.807, 2.05) is 24.3 Å². The molecule has 1 aliphatic heterocycles. The number of methoxy groups -OCH3 is 1. The maximum absolute atomic E-state index is 13.7. The van der Waals surface area contributed by atoms with E-state index in [1.54, 1.807) is 48.0 Å². The first kappa shape index (κ1) is 27.8. The lowest BCUT2D eigenvalue weighted by Crippen LogP contribution is -2.49. The first-order chi connectivity index (χ1) is 18.9. The van der Waals surface area contributed by atoms with Crippen LogP contribution >= 0.6 is 0 Å². The number of aromatic nitrogens is 2. The van der Waals surface area contributed by atoms with Crippen molar-refractivity contribution >= 4 is 34.3 Å². The third-order valence-electron chi connectivity index (χ3n) is 6.89. The predicted octanol–water partition coefficient (Wildman–Crippen LogP) is 5.09. The molecule has 1 saturated heterocycles. The molecule has 0 radical (unpaired) electrons. The van der Waals surface area contributed by atoms with Gasteiger partial charge in [-0.25, -0.2) is 14.6 Å². The number of carbonyl (C=O) groups is 2. The second-order valence-electron chi connectivity index (χ2n) is 9.81. The molecule has 206 valence electrons. The molecule has 3 aromatic rings. The Bertz CT molecular complexity index is 1380. The van der Waals surface area contributed by atoms with Crippen molar-refractivity contribution in [3.05, 3.63) is 53.6 Å². The molecule has 0 bridgehead atoms. The van der Waals surface area contributed by atoms with E-state index in [9.17, 15) is 9.59 Å². The van der Waals surface area contributed by atoms with E-state index in [4.69, 9.17) is 16.0 Å². The average Bonchev–Trinajstić information content (AvgIpc) is 3.30. The van der Waals surface area contributed by atoms with Crippen LogP contribution in [-0.4, -0.2) is 72.2 Å². The Morgan fingerprint density at radius 2 is 2.00 bits per heavy atom. The number of fused-ring (bicyclic) bond motifs is 1. The molecule has 1 aliphatic rings. The maximum atomic E-state index is 13.7. The van der Waals surface area contributed by atoms with Crippen LogP contribution in [0.1, 0.15) is 38.2 Å². The summed E-state index contributed by atoms with van der Waals surface area (Å²) in [5.41, 5.74) is 2.56. The molecule has 10 nitrogen and oxygen atoms in total. The Morgan fingerprint density at radius 1 is 1.18 bits per heavy atom. The molecule has 39 heavy (non-hydrogen) atoms. The molecule has 0 spiro atoms. The van der Waals surface area contributed by atoms with E-state index in [1.165, 1.54) is 4.90 Å². The first-order valence-corrected chi connectivity index (χ1v) is 13.3. The standard InChI is InChI=1S/C29H36N6O4/c1-6-7-8-16-39-25-17-22(10-11-24(25)38-5)35-15-9-14-33(29(35)37)18-21-12-13-31-28-27(21)23(30-2)19-34(28)20-26(36)32(3)4/h10-13,17,19H,6-9,14-16,18,20H2,1,3-5H3. The van der Waals surface area contributed by atoms with Crippen molar-refractivity contribution in [1.29, 1.82) is 0 Å². The Morgan fingerprint density at radius 3 is 2.72 bits per heavy atom. The van der Waals surface area contributed by atoms with E-state index < -0.39 is 0 Å². The van der Waals surface area contributed by atoms with Gasteiger partial charge in [0.15, 0.2) is 11.5 Å². The number of amides is 3. The summed E-state index contributed by atoms with van der Waals surface area (Å²) >= 11 is 0. The van der Waals surface area contributed by atoms with E-state index >= 15 is 0 Å². The number of pyridine rings is 1. The summed E-state index contributed by atoms with van der Waals surface area (Å²) < 4.78 is 13.2. The van der Waals surface area contributed by atoms with Gasteiger partial charge in [0.05, 0.1) is 20.3 Å². The number of hydrogen-bond donors (Lipinski definition) is 0. The molecule has 3 amide bonds. The molecule has 0 saturated carbocycles. The SMILES string of the molecule is [C-]#[N+]c1cn(CC(=O)N(C)C)c2nccc(CN3CCCN(c4ccc(OC)c(OCCCCC)c4)C3=O)c12. The number of ether oxygens (including phenoxy) is 2. The fourth-order valence-corrected chi connectivity index (χ4v) is 4.74. The van der Waals surface area contributed by atoms with E-state index in [2.05, 4.69) is 16.8 Å². The number of anilines is 1. The Balaban J connectivity index is 1.58. The molecule has 0 N–H and O–H groups in total. The molecule has 1 fully saturated rings. The summed E-state index contributed by atoms with van der Waals surface area (Å²) in [6, 6.07) is 7.32. The van der Waals surface area contributed by atoms with Gasteiger partial charge in [-0.2, -0.15) is 0 Å². The van der Waals surface area contributed by atoms with Crippen LogP contribution in [0.3, 0.4) is 0 Å². The number of likely N-dealkylation sites (N-methyl/N-ethyl adjacent to an activating group) is 1. The van der Waals surface area contributed by atoms with Crippen LogP contribution in [0.25, 0.3) is 15.9 Å². The third-order valence-corrected chi connectivity index (χ3v) is 6.89. The van der Waals surface area contributed by atoms with Gasteiger partial charge in [0.25, 0.3) is 0 Å². The van der Waals surface area contributed by atoms with E-state index in [-0.39, 0.29) is 18.5 Å². The zero-order chi connectivity index (χ0) is 27.9. The van der Waals surface area contributed by atoms with Crippen molar-refractivity contribution in [1.82, 2.24) is 19.4 Å². The minimum atomic E-state index is -0.111. The lowest BCUT2D eigenvalue weighted by molar-refractivity contribution is -0.129. The molecule has 0 unspecified atom stereocenters. The zero-order valence-electron chi connectivity index (χ0n) is 23.1. The minimum Gasteiger partial charge on any atom is -0.493 e. The number of hydrogen-bond acceptors (Lipinski definition) is 5. The lowest BCUT2D eigenvalue weighted by Gasteiger charge is -2.36. The lowest BCUT2D eigenvalue weighted by atomic mass is 10.1. The van der Waals surface area contributed by atoms with Gasteiger partial charge in [0.1, 0.15) is 12.2 Å². The predicted molar refractivity (Wildman–Crippen MR) is 150 cm³/mol. The van der Waals surface area contributed by atoms with Crippen molar-refractivity contribution in [3.8, 4) is 11.5 Å². The second-order valence-corrected chi connectivity index (χ2v) is 9.81. The van der Waals surface area contributed by atoms with Crippen LogP contribution in [-0.2, 0) is 17.9 Å². The molecule has 4 rings (SSSR count). The smallest absolute Gasteiger partial charge is 0.324 e. The quantitative estimate of drug-likeness (QED) is 0.254. The number of urea groups is 1. The van der Waals surface area contributed by atoms with Gasteiger partial charge >= 0.3 is 6.03 Å². The highest BCUT2D eigenvalue weighted by Crippen LogP contribution is 2.35. The molecule has 0 atom stereocenters. The highest BCUT2D eigenvalue weighted by Gasteiger charge is 2.28. The molecule has 1 aromatic carbocycles. The minimum absolute atomic E-state index is 0.0895. The normalized spacial score (nSPS) is 13.5. The number of rotatable bonds is 11. The van der Waals surface area contributed by atoms with Gasteiger partial charge in [-0.1, -0.05) is 19.8 Å². The summed E-state index contributed by atoms with van der Waals surface area (Å²) in [4.78, 5) is 39.2. The Hall–Kier alpha value is -4.26. The average molecular weight is 533 g/mol. The molecule has 2 aromatic heterocycles. The van der Waals surface area contributed by atoms with Crippen molar-refractivity contribution in [2.45, 2.75) is 45.7 Å². The highest BCUT2D eigenvalue weighted by atomic mass is 16.5. The first-order valence-electron chi connectivity index (χ1n) is 13.3. The zero-order valence-corrected chi connectivity index (χ0v) is 23.1. The third kappa shape index (κ3) is 6.08. The molecule has 10 heteroatoms. The van der Waals surface area contributed by atoms with Gasteiger partial charge in [0.2, 0.25) is 11.6 Å². The summed E-state index contributed by atoms with van der Waals surface area (Å²) in [5, 5.41) is 0.677. The van der Waals surface area contributed by atoms with Crippen LogP contribution in [0.2, 0.25) is 0 Å². The van der Waals surface area contributed by atoms with Gasteiger partial charge in [-0.3, -0.25) is 9.69 Å². The number of carbonyl (C=O) groups excluding carboxylic acids is 2. The van der Waals surface area contributed by atoms with Crippen molar-refractivity contribution in [2.24, 2.45) is 0 Å². The van der Waals surface area contributed by atoms with Crippen LogP contribution in [0.15, 0.2) is 36.7 Å².